The van der Waals surface area contributed by atoms with Gasteiger partial charge < -0.3 is 19.0 Å². The third-order valence-corrected chi connectivity index (χ3v) is 6.73. The van der Waals surface area contributed by atoms with Gasteiger partial charge in [0.2, 0.25) is 0 Å². The first-order chi connectivity index (χ1) is 19.9. The van der Waals surface area contributed by atoms with Crippen LogP contribution in [0.15, 0.2) is 24.3 Å². The van der Waals surface area contributed by atoms with Crippen molar-refractivity contribution >= 4 is 24.2 Å². The SMILES string of the molecule is CCCC/C=C\CCCC(=O)OCC(COC(=O)CCC/C=C\CCCC)OC(=O)CC(C)CCCCCCC=O. The molecule has 0 amide bonds. The molecule has 0 aromatic heterocycles. The molecule has 0 aliphatic heterocycles. The molecular formula is C34H58O7. The highest BCUT2D eigenvalue weighted by Gasteiger charge is 2.21. The minimum Gasteiger partial charge on any atom is -0.462 e. The number of esters is 3. The van der Waals surface area contributed by atoms with E-state index in [0.717, 1.165) is 76.9 Å². The van der Waals surface area contributed by atoms with E-state index in [1.807, 2.05) is 6.92 Å². The van der Waals surface area contributed by atoms with E-state index in [1.54, 1.807) is 0 Å². The van der Waals surface area contributed by atoms with E-state index < -0.39 is 6.10 Å². The van der Waals surface area contributed by atoms with Crippen molar-refractivity contribution in [2.75, 3.05) is 13.2 Å². The summed E-state index contributed by atoms with van der Waals surface area (Å²) < 4.78 is 16.3. The van der Waals surface area contributed by atoms with Gasteiger partial charge in [-0.2, -0.15) is 0 Å². The maximum atomic E-state index is 12.6. The highest BCUT2D eigenvalue weighted by atomic mass is 16.6. The van der Waals surface area contributed by atoms with Gasteiger partial charge in [0.25, 0.3) is 0 Å². The van der Waals surface area contributed by atoms with Gasteiger partial charge in [0.1, 0.15) is 19.5 Å². The summed E-state index contributed by atoms with van der Waals surface area (Å²) in [6.45, 7) is 6.07. The lowest BCUT2D eigenvalue weighted by Crippen LogP contribution is -2.31. The first kappa shape index (κ1) is 38.6. The minimum absolute atomic E-state index is 0.129. The zero-order valence-electron chi connectivity index (χ0n) is 26.2. The fourth-order valence-corrected chi connectivity index (χ4v) is 4.17. The zero-order chi connectivity index (χ0) is 30.4. The molecule has 7 nitrogen and oxygen atoms in total. The molecule has 41 heavy (non-hydrogen) atoms. The molecule has 0 spiro atoms. The first-order valence-electron chi connectivity index (χ1n) is 16.2. The molecule has 0 aromatic carbocycles. The lowest BCUT2D eigenvalue weighted by molar-refractivity contribution is -0.167. The molecule has 0 saturated carbocycles. The van der Waals surface area contributed by atoms with Crippen LogP contribution in [0.1, 0.15) is 143 Å². The smallest absolute Gasteiger partial charge is 0.306 e. The average Bonchev–Trinajstić information content (AvgIpc) is 2.95. The van der Waals surface area contributed by atoms with Gasteiger partial charge in [-0.3, -0.25) is 14.4 Å². The molecule has 0 rings (SSSR count). The van der Waals surface area contributed by atoms with Gasteiger partial charge in [-0.1, -0.05) is 96.4 Å². The summed E-state index contributed by atoms with van der Waals surface area (Å²) in [4.78, 5) is 47.5. The van der Waals surface area contributed by atoms with E-state index in [4.69, 9.17) is 14.2 Å². The summed E-state index contributed by atoms with van der Waals surface area (Å²) in [5.74, 6) is -0.936. The van der Waals surface area contributed by atoms with Crippen LogP contribution in [-0.2, 0) is 33.4 Å². The highest BCUT2D eigenvalue weighted by molar-refractivity contribution is 5.71. The Hall–Kier alpha value is -2.44. The van der Waals surface area contributed by atoms with Crippen LogP contribution >= 0.6 is 0 Å². The lowest BCUT2D eigenvalue weighted by atomic mass is 9.99. The molecule has 236 valence electrons. The standard InChI is InChI=1S/C34H58O7/c1-4-6-8-10-12-16-20-24-32(36)39-28-31(29-40-33(37)25-21-17-13-11-9-7-5-2)41-34(38)27-30(3)23-19-15-14-18-22-26-35/h10-13,26,30-31H,4-9,14-25,27-29H2,1-3H3/b12-10-,13-11-. The predicted octanol–water partition coefficient (Wildman–Crippen LogP) is 8.38. The number of allylic oxidation sites excluding steroid dienone is 4. The van der Waals surface area contributed by atoms with Crippen LogP contribution in [0.2, 0.25) is 0 Å². The minimum atomic E-state index is -0.825. The van der Waals surface area contributed by atoms with Crippen LogP contribution in [-0.4, -0.2) is 43.5 Å². The highest BCUT2D eigenvalue weighted by Crippen LogP contribution is 2.16. The molecule has 0 aliphatic carbocycles. The molecule has 1 unspecified atom stereocenters. The molecular weight excluding hydrogens is 520 g/mol. The first-order valence-corrected chi connectivity index (χ1v) is 16.2. The monoisotopic (exact) mass is 578 g/mol. The molecule has 0 radical (unpaired) electrons. The van der Waals surface area contributed by atoms with Crippen LogP contribution in [0, 0.1) is 5.92 Å². The Balaban J connectivity index is 4.59. The van der Waals surface area contributed by atoms with Gasteiger partial charge in [0, 0.05) is 25.7 Å². The summed E-state index contributed by atoms with van der Waals surface area (Å²) in [5, 5.41) is 0. The number of carbonyl (C=O) groups excluding carboxylic acids is 4. The van der Waals surface area contributed by atoms with E-state index >= 15 is 0 Å². The van der Waals surface area contributed by atoms with Crippen molar-refractivity contribution in [1.82, 2.24) is 0 Å². The summed E-state index contributed by atoms with van der Waals surface area (Å²) in [6.07, 6.45) is 24.7. The summed E-state index contributed by atoms with van der Waals surface area (Å²) >= 11 is 0. The third kappa shape index (κ3) is 27.5. The Morgan fingerprint density at radius 3 is 1.59 bits per heavy atom. The fraction of sp³-hybridized carbons (Fsp3) is 0.765. The number of hydrogen-bond acceptors (Lipinski definition) is 7. The molecule has 0 N–H and O–H groups in total. The Labute approximate surface area is 249 Å². The normalized spacial score (nSPS) is 12.2. The van der Waals surface area contributed by atoms with Gasteiger partial charge in [-0.05, 0) is 50.9 Å². The van der Waals surface area contributed by atoms with E-state index in [-0.39, 0.29) is 56.3 Å². The van der Waals surface area contributed by atoms with E-state index in [9.17, 15) is 19.2 Å². The van der Waals surface area contributed by atoms with Crippen molar-refractivity contribution in [3.8, 4) is 0 Å². The maximum absolute atomic E-state index is 12.6. The van der Waals surface area contributed by atoms with Crippen molar-refractivity contribution in [3.63, 3.8) is 0 Å². The zero-order valence-corrected chi connectivity index (χ0v) is 26.2. The number of ether oxygens (including phenoxy) is 3. The average molecular weight is 579 g/mol. The Morgan fingerprint density at radius 1 is 0.610 bits per heavy atom. The number of hydrogen-bond donors (Lipinski definition) is 0. The Morgan fingerprint density at radius 2 is 1.10 bits per heavy atom. The second-order valence-corrected chi connectivity index (χ2v) is 11.0. The molecule has 1 atom stereocenters. The van der Waals surface area contributed by atoms with Crippen LogP contribution in [0.4, 0.5) is 0 Å². The van der Waals surface area contributed by atoms with Crippen molar-refractivity contribution in [1.29, 1.82) is 0 Å². The van der Waals surface area contributed by atoms with Crippen molar-refractivity contribution in [2.24, 2.45) is 5.92 Å². The van der Waals surface area contributed by atoms with Crippen LogP contribution < -0.4 is 0 Å². The van der Waals surface area contributed by atoms with E-state index in [0.29, 0.717) is 19.3 Å². The second kappa shape index (κ2) is 29.1. The number of carbonyl (C=O) groups is 4. The van der Waals surface area contributed by atoms with Gasteiger partial charge in [-0.25, -0.2) is 0 Å². The van der Waals surface area contributed by atoms with E-state index in [1.165, 1.54) is 12.8 Å². The molecule has 0 aromatic rings. The Kier molecular flexibility index (Phi) is 27.3. The van der Waals surface area contributed by atoms with Crippen LogP contribution in [0.3, 0.4) is 0 Å². The lowest BCUT2D eigenvalue weighted by Gasteiger charge is -2.19. The summed E-state index contributed by atoms with van der Waals surface area (Å²) in [6, 6.07) is 0. The molecule has 0 heterocycles. The van der Waals surface area contributed by atoms with Gasteiger partial charge in [0.05, 0.1) is 0 Å². The fourth-order valence-electron chi connectivity index (χ4n) is 4.17. The topological polar surface area (TPSA) is 96.0 Å². The van der Waals surface area contributed by atoms with Gasteiger partial charge in [0.15, 0.2) is 6.10 Å². The maximum Gasteiger partial charge on any atom is 0.306 e. The third-order valence-electron chi connectivity index (χ3n) is 6.73. The molecule has 0 aliphatic rings. The van der Waals surface area contributed by atoms with Gasteiger partial charge in [-0.15, -0.1) is 0 Å². The molecule has 0 fully saturated rings. The molecule has 0 bridgehead atoms. The predicted molar refractivity (Wildman–Crippen MR) is 164 cm³/mol. The van der Waals surface area contributed by atoms with E-state index in [2.05, 4.69) is 38.2 Å². The van der Waals surface area contributed by atoms with Crippen LogP contribution in [0.25, 0.3) is 0 Å². The van der Waals surface area contributed by atoms with Crippen molar-refractivity contribution in [3.05, 3.63) is 24.3 Å². The number of aldehydes is 1. The van der Waals surface area contributed by atoms with Crippen LogP contribution in [0.5, 0.6) is 0 Å². The Bertz CT molecular complexity index is 689. The molecule has 0 saturated heterocycles. The number of rotatable bonds is 28. The molecule has 7 heteroatoms. The second-order valence-electron chi connectivity index (χ2n) is 11.0. The number of unbranched alkanes of at least 4 members (excludes halogenated alkanes) is 10. The summed E-state index contributed by atoms with van der Waals surface area (Å²) in [5.41, 5.74) is 0. The quantitative estimate of drug-likeness (QED) is 0.0302. The largest absolute Gasteiger partial charge is 0.462 e. The van der Waals surface area contributed by atoms with Gasteiger partial charge >= 0.3 is 17.9 Å². The summed E-state index contributed by atoms with van der Waals surface area (Å²) in [7, 11) is 0. The van der Waals surface area contributed by atoms with Crippen molar-refractivity contribution < 1.29 is 33.4 Å². The van der Waals surface area contributed by atoms with Crippen molar-refractivity contribution in [2.45, 2.75) is 149 Å².